The summed E-state index contributed by atoms with van der Waals surface area (Å²) in [7, 11) is 0. The second-order valence-corrected chi connectivity index (χ2v) is 3.16. The zero-order chi connectivity index (χ0) is 10.7. The number of anilines is 1. The normalized spacial score (nSPS) is 9.93. The highest BCUT2D eigenvalue weighted by Gasteiger charge is 2.00. The molecule has 6 heteroatoms. The smallest absolute Gasteiger partial charge is 0.239 e. The van der Waals surface area contributed by atoms with Crippen LogP contribution in [0.3, 0.4) is 0 Å². The fourth-order valence-electron chi connectivity index (χ4n) is 0.980. The third-order valence-corrected chi connectivity index (χ3v) is 1.74. The lowest BCUT2D eigenvalue weighted by Gasteiger charge is -2.03. The number of pyridine rings is 1. The summed E-state index contributed by atoms with van der Waals surface area (Å²) >= 11 is 5.74. The predicted octanol–water partition coefficient (Wildman–Crippen LogP) is 1.90. The highest BCUT2D eigenvalue weighted by molar-refractivity contribution is 6.30. The van der Waals surface area contributed by atoms with Crippen molar-refractivity contribution >= 4 is 17.4 Å². The van der Waals surface area contributed by atoms with Gasteiger partial charge >= 0.3 is 0 Å². The van der Waals surface area contributed by atoms with Crippen molar-refractivity contribution in [1.82, 2.24) is 15.0 Å². The minimum atomic E-state index is 0.294. The van der Waals surface area contributed by atoms with Crippen molar-refractivity contribution in [3.05, 3.63) is 35.9 Å². The van der Waals surface area contributed by atoms with E-state index in [1.165, 1.54) is 24.8 Å². The molecule has 0 fully saturated rings. The Bertz CT molecular complexity index is 434. The summed E-state index contributed by atoms with van der Waals surface area (Å²) in [5.74, 6) is 1.09. The molecule has 0 saturated carbocycles. The molecule has 0 aliphatic rings. The van der Waals surface area contributed by atoms with Gasteiger partial charge in [0, 0.05) is 12.3 Å². The number of halogens is 1. The van der Waals surface area contributed by atoms with Gasteiger partial charge in [-0.25, -0.2) is 0 Å². The minimum Gasteiger partial charge on any atom is -0.436 e. The van der Waals surface area contributed by atoms with Crippen LogP contribution in [0.4, 0.5) is 5.82 Å². The van der Waals surface area contributed by atoms with Crippen molar-refractivity contribution in [3.63, 3.8) is 0 Å². The number of rotatable bonds is 2. The first kappa shape index (κ1) is 9.67. The number of nitrogens with zero attached hydrogens (tertiary/aromatic N) is 3. The molecular weight excluding hydrogens is 216 g/mol. The fourth-order valence-corrected chi connectivity index (χ4v) is 1.14. The van der Waals surface area contributed by atoms with Crippen molar-refractivity contribution < 1.29 is 4.74 Å². The highest BCUT2D eigenvalue weighted by atomic mass is 35.5. The molecule has 0 aliphatic heterocycles. The standard InChI is InChI=1S/C9H7ClN4O/c10-6-1-7(3-12-2-6)15-9-5-13-4-8(11)14-9/h1-5H,(H2,11,14). The first-order valence-corrected chi connectivity index (χ1v) is 4.48. The zero-order valence-electron chi connectivity index (χ0n) is 7.59. The topological polar surface area (TPSA) is 73.9 Å². The molecule has 0 aromatic carbocycles. The average molecular weight is 223 g/mol. The minimum absolute atomic E-state index is 0.294. The van der Waals surface area contributed by atoms with Gasteiger partial charge in [0.25, 0.3) is 0 Å². The Morgan fingerprint density at radius 1 is 1.13 bits per heavy atom. The molecule has 0 unspecified atom stereocenters. The lowest BCUT2D eigenvalue weighted by Crippen LogP contribution is -1.94. The molecule has 2 heterocycles. The Morgan fingerprint density at radius 3 is 2.67 bits per heavy atom. The van der Waals surface area contributed by atoms with Gasteiger partial charge in [-0.15, -0.1) is 0 Å². The summed E-state index contributed by atoms with van der Waals surface area (Å²) in [6.07, 6.45) is 5.93. The van der Waals surface area contributed by atoms with Crippen LogP contribution in [-0.4, -0.2) is 15.0 Å². The van der Waals surface area contributed by atoms with Crippen molar-refractivity contribution in [2.75, 3.05) is 5.73 Å². The number of hydrogen-bond donors (Lipinski definition) is 1. The van der Waals surface area contributed by atoms with Gasteiger partial charge in [0.1, 0.15) is 11.6 Å². The van der Waals surface area contributed by atoms with Crippen molar-refractivity contribution in [2.24, 2.45) is 0 Å². The number of aromatic nitrogens is 3. The number of nitrogens with two attached hydrogens (primary N) is 1. The molecule has 76 valence electrons. The van der Waals surface area contributed by atoms with Crippen LogP contribution >= 0.6 is 11.6 Å². The van der Waals surface area contributed by atoms with E-state index >= 15 is 0 Å². The quantitative estimate of drug-likeness (QED) is 0.840. The van der Waals surface area contributed by atoms with E-state index in [1.54, 1.807) is 6.07 Å². The molecule has 2 rings (SSSR count). The van der Waals surface area contributed by atoms with Gasteiger partial charge < -0.3 is 10.5 Å². The van der Waals surface area contributed by atoms with Crippen molar-refractivity contribution in [1.29, 1.82) is 0 Å². The molecule has 0 amide bonds. The highest BCUT2D eigenvalue weighted by Crippen LogP contribution is 2.20. The summed E-state index contributed by atoms with van der Waals surface area (Å²) in [4.78, 5) is 11.6. The van der Waals surface area contributed by atoms with Crippen LogP contribution in [0.2, 0.25) is 5.02 Å². The molecule has 2 N–H and O–H groups in total. The van der Waals surface area contributed by atoms with E-state index in [2.05, 4.69) is 15.0 Å². The summed E-state index contributed by atoms with van der Waals surface area (Å²) in [6, 6.07) is 1.62. The monoisotopic (exact) mass is 222 g/mol. The Morgan fingerprint density at radius 2 is 1.93 bits per heavy atom. The SMILES string of the molecule is Nc1cncc(Oc2cncc(Cl)c2)n1. The third-order valence-electron chi connectivity index (χ3n) is 1.53. The summed E-state index contributed by atoms with van der Waals surface area (Å²) in [5.41, 5.74) is 5.45. The molecule has 2 aromatic rings. The van der Waals surface area contributed by atoms with Crippen LogP contribution in [0.25, 0.3) is 0 Å². The lowest BCUT2D eigenvalue weighted by atomic mass is 10.4. The Kier molecular flexibility index (Phi) is 2.64. The molecule has 0 bridgehead atoms. The first-order chi connectivity index (χ1) is 7.24. The Labute approximate surface area is 90.9 Å². The van der Waals surface area contributed by atoms with E-state index in [9.17, 15) is 0 Å². The van der Waals surface area contributed by atoms with Crippen LogP contribution in [0.15, 0.2) is 30.9 Å². The van der Waals surface area contributed by atoms with Crippen LogP contribution in [0.1, 0.15) is 0 Å². The molecular formula is C9H7ClN4O. The van der Waals surface area contributed by atoms with Gasteiger partial charge in [0.05, 0.1) is 23.6 Å². The van der Waals surface area contributed by atoms with Crippen LogP contribution in [-0.2, 0) is 0 Å². The average Bonchev–Trinajstić information content (AvgIpc) is 2.17. The molecule has 5 nitrogen and oxygen atoms in total. The molecule has 0 radical (unpaired) electrons. The largest absolute Gasteiger partial charge is 0.436 e. The number of ether oxygens (including phenoxy) is 1. The Balaban J connectivity index is 2.22. The van der Waals surface area contributed by atoms with E-state index in [0.29, 0.717) is 22.5 Å². The van der Waals surface area contributed by atoms with E-state index < -0.39 is 0 Å². The van der Waals surface area contributed by atoms with Crippen LogP contribution < -0.4 is 10.5 Å². The first-order valence-electron chi connectivity index (χ1n) is 4.10. The summed E-state index contributed by atoms with van der Waals surface area (Å²) in [6.45, 7) is 0. The van der Waals surface area contributed by atoms with Gasteiger partial charge in [0.15, 0.2) is 0 Å². The second-order valence-electron chi connectivity index (χ2n) is 2.72. The fraction of sp³-hybridized carbons (Fsp3) is 0. The van der Waals surface area contributed by atoms with Gasteiger partial charge in [-0.3, -0.25) is 9.97 Å². The maximum Gasteiger partial charge on any atom is 0.239 e. The van der Waals surface area contributed by atoms with Crippen LogP contribution in [0.5, 0.6) is 11.6 Å². The summed E-state index contributed by atoms with van der Waals surface area (Å²) in [5, 5.41) is 0.490. The maximum absolute atomic E-state index is 5.74. The van der Waals surface area contributed by atoms with Gasteiger partial charge in [-0.1, -0.05) is 11.6 Å². The summed E-state index contributed by atoms with van der Waals surface area (Å²) < 4.78 is 5.34. The van der Waals surface area contributed by atoms with Crippen molar-refractivity contribution in [3.8, 4) is 11.6 Å². The molecule has 15 heavy (non-hydrogen) atoms. The predicted molar refractivity (Wildman–Crippen MR) is 55.8 cm³/mol. The van der Waals surface area contributed by atoms with Gasteiger partial charge in [-0.2, -0.15) is 4.98 Å². The lowest BCUT2D eigenvalue weighted by molar-refractivity contribution is 0.459. The van der Waals surface area contributed by atoms with Gasteiger partial charge in [-0.05, 0) is 0 Å². The molecule has 2 aromatic heterocycles. The van der Waals surface area contributed by atoms with E-state index in [0.717, 1.165) is 0 Å². The number of nitrogen functional groups attached to an aromatic ring is 1. The van der Waals surface area contributed by atoms with Gasteiger partial charge in [0.2, 0.25) is 5.88 Å². The zero-order valence-corrected chi connectivity index (χ0v) is 8.35. The molecule has 0 atom stereocenters. The van der Waals surface area contributed by atoms with Crippen molar-refractivity contribution in [2.45, 2.75) is 0 Å². The molecule has 0 spiro atoms. The molecule has 0 saturated heterocycles. The number of hydrogen-bond acceptors (Lipinski definition) is 5. The van der Waals surface area contributed by atoms with E-state index in [-0.39, 0.29) is 0 Å². The maximum atomic E-state index is 5.74. The molecule has 0 aliphatic carbocycles. The Hall–Kier alpha value is -1.88. The third kappa shape index (κ3) is 2.54. The van der Waals surface area contributed by atoms with E-state index in [1.807, 2.05) is 0 Å². The van der Waals surface area contributed by atoms with Crippen LogP contribution in [0, 0.1) is 0 Å². The second kappa shape index (κ2) is 4.10. The van der Waals surface area contributed by atoms with E-state index in [4.69, 9.17) is 22.1 Å².